The Kier molecular flexibility index (Phi) is 5.91. The lowest BCUT2D eigenvalue weighted by Gasteiger charge is -2.30. The molecular formula is C26H34N4O2. The molecule has 6 nitrogen and oxygen atoms in total. The van der Waals surface area contributed by atoms with E-state index in [9.17, 15) is 0 Å². The number of fused-ring (bicyclic) bond motifs is 2. The molecule has 0 radical (unpaired) electrons. The van der Waals surface area contributed by atoms with E-state index in [4.69, 9.17) is 19.6 Å². The Hall–Kier alpha value is -2.44. The van der Waals surface area contributed by atoms with Gasteiger partial charge in [-0.3, -0.25) is 4.90 Å². The second-order valence-electron chi connectivity index (χ2n) is 9.25. The zero-order valence-electron chi connectivity index (χ0n) is 19.7. The van der Waals surface area contributed by atoms with Gasteiger partial charge in [-0.25, -0.2) is 9.50 Å². The molecule has 6 heteroatoms. The number of nitrogens with zero attached hydrogens (tertiary/aromatic N) is 4. The van der Waals surface area contributed by atoms with Gasteiger partial charge in [0, 0.05) is 24.9 Å². The van der Waals surface area contributed by atoms with Crippen LogP contribution in [0.2, 0.25) is 0 Å². The Morgan fingerprint density at radius 1 is 1.25 bits per heavy atom. The van der Waals surface area contributed by atoms with Gasteiger partial charge in [0.15, 0.2) is 5.65 Å². The highest BCUT2D eigenvalue weighted by molar-refractivity contribution is 5.82. The molecule has 0 N–H and O–H groups in total. The van der Waals surface area contributed by atoms with Crippen molar-refractivity contribution >= 4 is 5.65 Å². The lowest BCUT2D eigenvalue weighted by Crippen LogP contribution is -2.35. The lowest BCUT2D eigenvalue weighted by atomic mass is 10.0. The monoisotopic (exact) mass is 434 g/mol. The van der Waals surface area contributed by atoms with Gasteiger partial charge >= 0.3 is 0 Å². The summed E-state index contributed by atoms with van der Waals surface area (Å²) in [5.41, 5.74) is 8.00. The fourth-order valence-electron chi connectivity index (χ4n) is 5.47. The first-order valence-corrected chi connectivity index (χ1v) is 12.0. The molecule has 0 amide bonds. The van der Waals surface area contributed by atoms with E-state index in [1.165, 1.54) is 35.2 Å². The van der Waals surface area contributed by atoms with E-state index in [2.05, 4.69) is 44.0 Å². The summed E-state index contributed by atoms with van der Waals surface area (Å²) in [6.45, 7) is 9.47. The highest BCUT2D eigenvalue weighted by Crippen LogP contribution is 2.38. The van der Waals surface area contributed by atoms with Gasteiger partial charge in [-0.15, -0.1) is 0 Å². The molecule has 5 rings (SSSR count). The number of methoxy groups -OCH3 is 1. The third-order valence-corrected chi connectivity index (χ3v) is 7.01. The van der Waals surface area contributed by atoms with E-state index in [-0.39, 0.29) is 0 Å². The molecule has 1 aliphatic heterocycles. The third-order valence-electron chi connectivity index (χ3n) is 7.01. The number of ether oxygens (including phenoxy) is 2. The molecule has 32 heavy (non-hydrogen) atoms. The SMILES string of the molecule is CCCN(CC1CCCO1)C1CCc2cn3nc(C)c(-c4ccc(OC)cc4C)c3nc21. The Morgan fingerprint density at radius 2 is 2.12 bits per heavy atom. The molecule has 1 saturated heterocycles. The van der Waals surface area contributed by atoms with Crippen LogP contribution in [0.3, 0.4) is 0 Å². The predicted octanol–water partition coefficient (Wildman–Crippen LogP) is 4.90. The van der Waals surface area contributed by atoms with Crippen molar-refractivity contribution < 1.29 is 9.47 Å². The summed E-state index contributed by atoms with van der Waals surface area (Å²) < 4.78 is 13.4. The minimum atomic E-state index is 0.360. The zero-order valence-corrected chi connectivity index (χ0v) is 19.7. The highest BCUT2D eigenvalue weighted by atomic mass is 16.5. The van der Waals surface area contributed by atoms with Crippen molar-refractivity contribution in [3.63, 3.8) is 0 Å². The largest absolute Gasteiger partial charge is 0.497 e. The van der Waals surface area contributed by atoms with Crippen LogP contribution in [0.5, 0.6) is 5.75 Å². The summed E-state index contributed by atoms with van der Waals surface area (Å²) in [6.07, 6.45) is 8.26. The Labute approximate surface area is 190 Å². The summed E-state index contributed by atoms with van der Waals surface area (Å²) in [4.78, 5) is 7.90. The third kappa shape index (κ3) is 3.80. The molecule has 2 unspecified atom stereocenters. The summed E-state index contributed by atoms with van der Waals surface area (Å²) in [5.74, 6) is 0.874. The lowest BCUT2D eigenvalue weighted by molar-refractivity contribution is 0.0559. The maximum Gasteiger partial charge on any atom is 0.163 e. The van der Waals surface area contributed by atoms with Crippen LogP contribution in [0.4, 0.5) is 0 Å². The van der Waals surface area contributed by atoms with Gasteiger partial charge in [-0.2, -0.15) is 5.10 Å². The molecule has 2 atom stereocenters. The van der Waals surface area contributed by atoms with Crippen LogP contribution in [-0.2, 0) is 11.2 Å². The summed E-state index contributed by atoms with van der Waals surface area (Å²) in [7, 11) is 1.71. The van der Waals surface area contributed by atoms with Crippen LogP contribution in [0.25, 0.3) is 16.8 Å². The molecule has 3 aromatic rings. The zero-order chi connectivity index (χ0) is 22.2. The molecule has 2 aromatic heterocycles. The van der Waals surface area contributed by atoms with Crippen LogP contribution in [0.15, 0.2) is 24.4 Å². The highest BCUT2D eigenvalue weighted by Gasteiger charge is 2.32. The van der Waals surface area contributed by atoms with Gasteiger partial charge in [0.25, 0.3) is 0 Å². The quantitative estimate of drug-likeness (QED) is 0.529. The van der Waals surface area contributed by atoms with Crippen molar-refractivity contribution in [1.82, 2.24) is 19.5 Å². The molecule has 3 heterocycles. The Morgan fingerprint density at radius 3 is 2.84 bits per heavy atom. The smallest absolute Gasteiger partial charge is 0.163 e. The second kappa shape index (κ2) is 8.83. The van der Waals surface area contributed by atoms with Crippen molar-refractivity contribution in [2.24, 2.45) is 0 Å². The van der Waals surface area contributed by atoms with Crippen LogP contribution in [0, 0.1) is 13.8 Å². The summed E-state index contributed by atoms with van der Waals surface area (Å²) in [6, 6.07) is 6.59. The van der Waals surface area contributed by atoms with Gasteiger partial charge in [0.1, 0.15) is 5.75 Å². The number of rotatable bonds is 7. The van der Waals surface area contributed by atoms with Gasteiger partial charge in [0.2, 0.25) is 0 Å². The molecule has 170 valence electrons. The fourth-order valence-corrected chi connectivity index (χ4v) is 5.47. The van der Waals surface area contributed by atoms with Crippen LogP contribution in [-0.4, -0.2) is 52.4 Å². The number of benzene rings is 1. The molecular weight excluding hydrogens is 400 g/mol. The van der Waals surface area contributed by atoms with Crippen molar-refractivity contribution in [1.29, 1.82) is 0 Å². The molecule has 2 aliphatic rings. The van der Waals surface area contributed by atoms with E-state index in [1.54, 1.807) is 7.11 Å². The Balaban J connectivity index is 1.55. The normalized spacial score (nSPS) is 20.4. The van der Waals surface area contributed by atoms with E-state index in [0.29, 0.717) is 12.1 Å². The van der Waals surface area contributed by atoms with E-state index >= 15 is 0 Å². The average molecular weight is 435 g/mol. The van der Waals surface area contributed by atoms with E-state index in [0.717, 1.165) is 61.6 Å². The number of aryl methyl sites for hydroxylation is 3. The van der Waals surface area contributed by atoms with Crippen LogP contribution in [0.1, 0.15) is 61.2 Å². The number of hydrogen-bond donors (Lipinski definition) is 0. The van der Waals surface area contributed by atoms with E-state index < -0.39 is 0 Å². The van der Waals surface area contributed by atoms with Gasteiger partial charge in [0.05, 0.1) is 30.6 Å². The van der Waals surface area contributed by atoms with E-state index in [1.807, 2.05) is 10.6 Å². The predicted molar refractivity (Wildman–Crippen MR) is 126 cm³/mol. The maximum atomic E-state index is 5.97. The molecule has 0 bridgehead atoms. The number of hydrogen-bond acceptors (Lipinski definition) is 5. The van der Waals surface area contributed by atoms with Gasteiger partial charge < -0.3 is 9.47 Å². The molecule has 1 fully saturated rings. The van der Waals surface area contributed by atoms with Crippen molar-refractivity contribution in [2.75, 3.05) is 26.8 Å². The van der Waals surface area contributed by atoms with Crippen molar-refractivity contribution in [3.8, 4) is 16.9 Å². The van der Waals surface area contributed by atoms with Crippen LogP contribution >= 0.6 is 0 Å². The minimum absolute atomic E-state index is 0.360. The molecule has 0 spiro atoms. The first-order valence-electron chi connectivity index (χ1n) is 12.0. The van der Waals surface area contributed by atoms with Gasteiger partial charge in [-0.05, 0) is 81.3 Å². The first kappa shape index (κ1) is 21.4. The standard InChI is InChI=1S/C26H34N4O2/c1-5-12-29(16-21-7-6-13-32-21)23-11-8-19-15-30-26(27-25(19)23)24(18(3)28-30)22-10-9-20(31-4)14-17(22)2/h9-10,14-15,21,23H,5-8,11-13,16H2,1-4H3. The summed E-state index contributed by atoms with van der Waals surface area (Å²) >= 11 is 0. The number of aromatic nitrogens is 3. The fraction of sp³-hybridized carbons (Fsp3) is 0.538. The molecule has 0 saturated carbocycles. The van der Waals surface area contributed by atoms with Crippen LogP contribution < -0.4 is 4.74 Å². The Bertz CT molecular complexity index is 1120. The topological polar surface area (TPSA) is 51.9 Å². The molecule has 1 aromatic carbocycles. The van der Waals surface area contributed by atoms with Crippen molar-refractivity contribution in [3.05, 3.63) is 46.9 Å². The van der Waals surface area contributed by atoms with Crippen molar-refractivity contribution in [2.45, 2.75) is 65.0 Å². The first-order chi connectivity index (χ1) is 15.6. The average Bonchev–Trinajstić information content (AvgIpc) is 3.50. The maximum absolute atomic E-state index is 5.97. The second-order valence-corrected chi connectivity index (χ2v) is 9.25. The van der Waals surface area contributed by atoms with Gasteiger partial charge in [-0.1, -0.05) is 13.0 Å². The summed E-state index contributed by atoms with van der Waals surface area (Å²) in [5, 5.41) is 4.83. The molecule has 1 aliphatic carbocycles. The minimum Gasteiger partial charge on any atom is -0.497 e.